The molecule has 0 radical (unpaired) electrons. The van der Waals surface area contributed by atoms with Gasteiger partial charge < -0.3 is 25.9 Å². The second-order valence-corrected chi connectivity index (χ2v) is 6.33. The summed E-state index contributed by atoms with van der Waals surface area (Å²) in [5.74, 6) is -0.403. The van der Waals surface area contributed by atoms with Crippen molar-refractivity contribution in [3.8, 4) is 23.0 Å². The van der Waals surface area contributed by atoms with Gasteiger partial charge in [0.25, 0.3) is 0 Å². The zero-order valence-electron chi connectivity index (χ0n) is 13.8. The topological polar surface area (TPSA) is 105 Å². The minimum atomic E-state index is -0.142. The van der Waals surface area contributed by atoms with Crippen molar-refractivity contribution < 1.29 is 20.4 Å². The van der Waals surface area contributed by atoms with E-state index in [0.29, 0.717) is 16.8 Å². The van der Waals surface area contributed by atoms with E-state index >= 15 is 0 Å². The van der Waals surface area contributed by atoms with Crippen LogP contribution in [0.3, 0.4) is 0 Å². The van der Waals surface area contributed by atoms with Crippen LogP contribution in [0.1, 0.15) is 43.2 Å². The Labute approximate surface area is 146 Å². The lowest BCUT2D eigenvalue weighted by Gasteiger charge is -2.22. The molecule has 0 aliphatic heterocycles. The Bertz CT molecular complexity index is 729. The van der Waals surface area contributed by atoms with Gasteiger partial charge in [0.05, 0.1) is 0 Å². The summed E-state index contributed by atoms with van der Waals surface area (Å²) in [4.78, 5) is 0. The Balaban J connectivity index is 2.00. The predicted molar refractivity (Wildman–Crippen MR) is 95.2 cm³/mol. The van der Waals surface area contributed by atoms with Gasteiger partial charge in [-0.3, -0.25) is 0 Å². The van der Waals surface area contributed by atoms with E-state index in [1.165, 1.54) is 30.7 Å². The fourth-order valence-electron chi connectivity index (χ4n) is 3.09. The second-order valence-electron chi connectivity index (χ2n) is 6.33. The molecule has 0 spiro atoms. The standard InChI is InChI=1S/C19H22N2O4/c22-13-6-8-15(17(24)10-13)19(16-9-7-14(23)11-18(16)25)21-20-12-4-2-1-3-5-12/h6-12,20,22-25H,1-5H2. The molecule has 1 aliphatic carbocycles. The number of aromatic hydroxyl groups is 4. The first-order valence-corrected chi connectivity index (χ1v) is 8.42. The van der Waals surface area contributed by atoms with Crippen molar-refractivity contribution in [2.45, 2.75) is 38.1 Å². The number of benzene rings is 2. The molecule has 6 heteroatoms. The van der Waals surface area contributed by atoms with Gasteiger partial charge in [0, 0.05) is 29.3 Å². The average molecular weight is 342 g/mol. The number of rotatable bonds is 4. The monoisotopic (exact) mass is 342 g/mol. The van der Waals surface area contributed by atoms with Crippen LogP contribution >= 0.6 is 0 Å². The number of nitrogens with one attached hydrogen (secondary N) is 1. The predicted octanol–water partition coefficient (Wildman–Crippen LogP) is 3.18. The third-order valence-electron chi connectivity index (χ3n) is 4.44. The zero-order valence-corrected chi connectivity index (χ0v) is 13.8. The molecule has 1 fully saturated rings. The van der Waals surface area contributed by atoms with E-state index in [1.54, 1.807) is 12.1 Å². The van der Waals surface area contributed by atoms with Crippen molar-refractivity contribution in [3.05, 3.63) is 47.5 Å². The van der Waals surface area contributed by atoms with Gasteiger partial charge in [0.15, 0.2) is 0 Å². The minimum Gasteiger partial charge on any atom is -0.508 e. The number of nitrogens with zero attached hydrogens (tertiary/aromatic N) is 1. The molecule has 1 saturated carbocycles. The quantitative estimate of drug-likeness (QED) is 0.433. The Hall–Kier alpha value is -2.89. The van der Waals surface area contributed by atoms with Gasteiger partial charge in [0.2, 0.25) is 0 Å². The van der Waals surface area contributed by atoms with Crippen molar-refractivity contribution in [2.24, 2.45) is 5.10 Å². The van der Waals surface area contributed by atoms with Gasteiger partial charge in [-0.25, -0.2) is 0 Å². The Kier molecular flexibility index (Phi) is 4.97. The van der Waals surface area contributed by atoms with E-state index < -0.39 is 0 Å². The smallest absolute Gasteiger partial charge is 0.128 e. The molecule has 0 amide bonds. The molecular weight excluding hydrogens is 320 g/mol. The van der Waals surface area contributed by atoms with Crippen LogP contribution in [-0.2, 0) is 0 Å². The van der Waals surface area contributed by atoms with E-state index in [0.717, 1.165) is 25.7 Å². The van der Waals surface area contributed by atoms with Crippen LogP contribution < -0.4 is 5.43 Å². The van der Waals surface area contributed by atoms with Crippen LogP contribution in [-0.4, -0.2) is 32.2 Å². The van der Waals surface area contributed by atoms with Crippen molar-refractivity contribution in [1.82, 2.24) is 5.43 Å². The maximum atomic E-state index is 10.2. The third kappa shape index (κ3) is 3.96. The van der Waals surface area contributed by atoms with Crippen LogP contribution in [0, 0.1) is 0 Å². The van der Waals surface area contributed by atoms with E-state index in [-0.39, 0.29) is 29.0 Å². The summed E-state index contributed by atoms with van der Waals surface area (Å²) in [6.07, 6.45) is 5.58. The number of hydrogen-bond donors (Lipinski definition) is 5. The highest BCUT2D eigenvalue weighted by atomic mass is 16.3. The summed E-state index contributed by atoms with van der Waals surface area (Å²) in [5, 5.41) is 43.9. The summed E-state index contributed by atoms with van der Waals surface area (Å²) in [6, 6.07) is 8.68. The van der Waals surface area contributed by atoms with Crippen LogP contribution in [0.25, 0.3) is 0 Å². The lowest BCUT2D eigenvalue weighted by molar-refractivity contribution is 0.380. The van der Waals surface area contributed by atoms with Crippen LogP contribution in [0.15, 0.2) is 41.5 Å². The molecule has 5 N–H and O–H groups in total. The molecule has 0 unspecified atom stereocenters. The van der Waals surface area contributed by atoms with Gasteiger partial charge in [-0.1, -0.05) is 19.3 Å². The van der Waals surface area contributed by atoms with Crippen LogP contribution in [0.4, 0.5) is 0 Å². The molecule has 0 heterocycles. The van der Waals surface area contributed by atoms with E-state index in [1.807, 2.05) is 0 Å². The molecule has 25 heavy (non-hydrogen) atoms. The molecule has 2 aromatic carbocycles. The first-order chi connectivity index (χ1) is 12.0. The Morgan fingerprint density at radius 2 is 1.32 bits per heavy atom. The van der Waals surface area contributed by atoms with E-state index in [2.05, 4.69) is 10.5 Å². The molecule has 0 aromatic heterocycles. The molecule has 0 bridgehead atoms. The molecule has 6 nitrogen and oxygen atoms in total. The van der Waals surface area contributed by atoms with Gasteiger partial charge in [-0.05, 0) is 37.1 Å². The maximum absolute atomic E-state index is 10.2. The van der Waals surface area contributed by atoms with Gasteiger partial charge in [0.1, 0.15) is 28.7 Å². The van der Waals surface area contributed by atoms with Crippen LogP contribution in [0.5, 0.6) is 23.0 Å². The summed E-state index contributed by atoms with van der Waals surface area (Å²) < 4.78 is 0. The molecule has 2 aromatic rings. The normalized spacial score (nSPS) is 14.9. The van der Waals surface area contributed by atoms with Gasteiger partial charge in [-0.2, -0.15) is 5.10 Å². The van der Waals surface area contributed by atoms with Gasteiger partial charge >= 0.3 is 0 Å². The summed E-state index contributed by atoms with van der Waals surface area (Å²) in [6.45, 7) is 0. The lowest BCUT2D eigenvalue weighted by atomic mass is 9.96. The van der Waals surface area contributed by atoms with E-state index in [4.69, 9.17) is 0 Å². The highest BCUT2D eigenvalue weighted by molar-refractivity contribution is 6.15. The first-order valence-electron chi connectivity index (χ1n) is 8.42. The fraction of sp³-hybridized carbons (Fsp3) is 0.316. The van der Waals surface area contributed by atoms with Crippen molar-refractivity contribution in [2.75, 3.05) is 0 Å². The number of hydrazone groups is 1. The maximum Gasteiger partial charge on any atom is 0.128 e. The van der Waals surface area contributed by atoms with Gasteiger partial charge in [-0.15, -0.1) is 0 Å². The first kappa shape index (κ1) is 17.0. The largest absolute Gasteiger partial charge is 0.508 e. The highest BCUT2D eigenvalue weighted by Crippen LogP contribution is 2.30. The number of phenolic OH excluding ortho intramolecular Hbond substituents is 4. The highest BCUT2D eigenvalue weighted by Gasteiger charge is 2.18. The molecule has 1 aliphatic rings. The lowest BCUT2D eigenvalue weighted by Crippen LogP contribution is -2.28. The minimum absolute atomic E-state index is 0.0595. The SMILES string of the molecule is Oc1ccc(C(=NNC2CCCCC2)c2ccc(O)cc2O)c(O)c1. The molecule has 0 saturated heterocycles. The number of phenols is 4. The molecule has 3 rings (SSSR count). The summed E-state index contributed by atoms with van der Waals surface area (Å²) >= 11 is 0. The second kappa shape index (κ2) is 7.34. The Morgan fingerprint density at radius 3 is 1.80 bits per heavy atom. The van der Waals surface area contributed by atoms with Crippen molar-refractivity contribution in [1.29, 1.82) is 0 Å². The van der Waals surface area contributed by atoms with Crippen molar-refractivity contribution >= 4 is 5.71 Å². The zero-order chi connectivity index (χ0) is 17.8. The summed E-state index contributed by atoms with van der Waals surface area (Å²) in [7, 11) is 0. The summed E-state index contributed by atoms with van der Waals surface area (Å²) in [5.41, 5.74) is 4.24. The fourth-order valence-corrected chi connectivity index (χ4v) is 3.09. The molecule has 132 valence electrons. The average Bonchev–Trinajstić information content (AvgIpc) is 2.58. The van der Waals surface area contributed by atoms with Crippen molar-refractivity contribution in [3.63, 3.8) is 0 Å². The van der Waals surface area contributed by atoms with E-state index in [9.17, 15) is 20.4 Å². The third-order valence-corrected chi connectivity index (χ3v) is 4.44. The Morgan fingerprint density at radius 1 is 0.800 bits per heavy atom. The van der Waals surface area contributed by atoms with Crippen LogP contribution in [0.2, 0.25) is 0 Å². The molecular formula is C19H22N2O4. The number of hydrogen-bond acceptors (Lipinski definition) is 6. The molecule has 0 atom stereocenters.